The summed E-state index contributed by atoms with van der Waals surface area (Å²) in [5, 5.41) is 0. The van der Waals surface area contributed by atoms with E-state index in [0.717, 1.165) is 12.2 Å². The maximum absolute atomic E-state index is 5.26. The standard InChI is InChI=1S/C13H19NO2/c1-10-11(2)13(15-3)8-7-12(10)6-4-5-9-16-14/h4,6-8H,5,9,14H2,1-3H3/b6-4+. The Morgan fingerprint density at radius 3 is 2.62 bits per heavy atom. The molecule has 0 heterocycles. The van der Waals surface area contributed by atoms with Crippen LogP contribution in [0.5, 0.6) is 5.75 Å². The molecule has 0 aliphatic rings. The molecule has 0 spiro atoms. The van der Waals surface area contributed by atoms with Crippen LogP contribution < -0.4 is 10.6 Å². The normalized spacial score (nSPS) is 11.0. The van der Waals surface area contributed by atoms with E-state index in [0.29, 0.717) is 6.61 Å². The fourth-order valence-electron chi connectivity index (χ4n) is 1.56. The molecule has 1 rings (SSSR count). The fraction of sp³-hybridized carbons (Fsp3) is 0.385. The van der Waals surface area contributed by atoms with Gasteiger partial charge in [0, 0.05) is 0 Å². The van der Waals surface area contributed by atoms with Gasteiger partial charge in [-0.3, -0.25) is 0 Å². The third-order valence-corrected chi connectivity index (χ3v) is 2.70. The maximum Gasteiger partial charge on any atom is 0.122 e. The minimum Gasteiger partial charge on any atom is -0.496 e. The number of nitrogens with two attached hydrogens (primary N) is 1. The number of rotatable bonds is 5. The first-order chi connectivity index (χ1) is 7.70. The summed E-state index contributed by atoms with van der Waals surface area (Å²) in [6.07, 6.45) is 4.96. The monoisotopic (exact) mass is 221 g/mol. The van der Waals surface area contributed by atoms with Crippen molar-refractivity contribution in [3.63, 3.8) is 0 Å². The van der Waals surface area contributed by atoms with Gasteiger partial charge in [0.1, 0.15) is 5.75 Å². The molecule has 1 aromatic carbocycles. The summed E-state index contributed by atoms with van der Waals surface area (Å²) in [6.45, 7) is 4.70. The number of hydrogen-bond donors (Lipinski definition) is 1. The SMILES string of the molecule is COc1ccc(/C=C/CCON)c(C)c1C. The van der Waals surface area contributed by atoms with E-state index in [1.807, 2.05) is 6.07 Å². The molecule has 1 aromatic rings. The quantitative estimate of drug-likeness (QED) is 0.614. The van der Waals surface area contributed by atoms with Crippen molar-refractivity contribution in [3.8, 4) is 5.75 Å². The lowest BCUT2D eigenvalue weighted by atomic mass is 10.0. The first-order valence-electron chi connectivity index (χ1n) is 5.33. The Morgan fingerprint density at radius 1 is 1.25 bits per heavy atom. The number of benzene rings is 1. The van der Waals surface area contributed by atoms with Gasteiger partial charge in [0.15, 0.2) is 0 Å². The molecule has 0 fully saturated rings. The summed E-state index contributed by atoms with van der Waals surface area (Å²) in [5.74, 6) is 5.88. The van der Waals surface area contributed by atoms with Crippen molar-refractivity contribution in [2.45, 2.75) is 20.3 Å². The van der Waals surface area contributed by atoms with E-state index in [-0.39, 0.29) is 0 Å². The molecule has 0 aliphatic carbocycles. The van der Waals surface area contributed by atoms with Gasteiger partial charge in [0.05, 0.1) is 13.7 Å². The second-order valence-corrected chi connectivity index (χ2v) is 3.67. The van der Waals surface area contributed by atoms with Crippen molar-refractivity contribution in [2.75, 3.05) is 13.7 Å². The molecule has 2 N–H and O–H groups in total. The lowest BCUT2D eigenvalue weighted by Gasteiger charge is -2.09. The lowest BCUT2D eigenvalue weighted by Crippen LogP contribution is -1.98. The molecule has 3 nitrogen and oxygen atoms in total. The molecule has 0 aromatic heterocycles. The second-order valence-electron chi connectivity index (χ2n) is 3.67. The van der Waals surface area contributed by atoms with Crippen LogP contribution in [0.2, 0.25) is 0 Å². The van der Waals surface area contributed by atoms with Gasteiger partial charge in [-0.2, -0.15) is 0 Å². The molecule has 0 bridgehead atoms. The third-order valence-electron chi connectivity index (χ3n) is 2.70. The summed E-state index contributed by atoms with van der Waals surface area (Å²) >= 11 is 0. The highest BCUT2D eigenvalue weighted by Gasteiger charge is 2.03. The molecule has 88 valence electrons. The van der Waals surface area contributed by atoms with E-state index >= 15 is 0 Å². The first-order valence-corrected chi connectivity index (χ1v) is 5.33. The molecule has 0 radical (unpaired) electrons. The summed E-state index contributed by atoms with van der Waals surface area (Å²) in [4.78, 5) is 4.50. The maximum atomic E-state index is 5.26. The average Bonchev–Trinajstić information content (AvgIpc) is 2.30. The second kappa shape index (κ2) is 6.30. The van der Waals surface area contributed by atoms with Gasteiger partial charge in [-0.15, -0.1) is 0 Å². The molecular formula is C13H19NO2. The van der Waals surface area contributed by atoms with Crippen LogP contribution in [0.4, 0.5) is 0 Å². The molecule has 16 heavy (non-hydrogen) atoms. The van der Waals surface area contributed by atoms with Crippen molar-refractivity contribution in [1.82, 2.24) is 0 Å². The van der Waals surface area contributed by atoms with E-state index in [2.05, 4.69) is 36.9 Å². The van der Waals surface area contributed by atoms with Crippen LogP contribution in [-0.2, 0) is 4.84 Å². The Bertz CT molecular complexity index is 372. The van der Waals surface area contributed by atoms with Crippen molar-refractivity contribution in [3.05, 3.63) is 34.9 Å². The Morgan fingerprint density at radius 2 is 2.00 bits per heavy atom. The lowest BCUT2D eigenvalue weighted by molar-refractivity contribution is 0.143. The van der Waals surface area contributed by atoms with E-state index in [4.69, 9.17) is 10.6 Å². The Kier molecular flexibility index (Phi) is 5.02. The summed E-state index contributed by atoms with van der Waals surface area (Å²) in [5.41, 5.74) is 3.62. The van der Waals surface area contributed by atoms with Crippen molar-refractivity contribution in [1.29, 1.82) is 0 Å². The van der Waals surface area contributed by atoms with Gasteiger partial charge in [-0.05, 0) is 43.0 Å². The van der Waals surface area contributed by atoms with E-state index in [1.54, 1.807) is 7.11 Å². The van der Waals surface area contributed by atoms with Gasteiger partial charge in [0.2, 0.25) is 0 Å². The zero-order valence-corrected chi connectivity index (χ0v) is 10.1. The van der Waals surface area contributed by atoms with Crippen LogP contribution in [0.1, 0.15) is 23.1 Å². The van der Waals surface area contributed by atoms with E-state index < -0.39 is 0 Å². The van der Waals surface area contributed by atoms with Crippen LogP contribution in [0, 0.1) is 13.8 Å². The Balaban J connectivity index is 2.82. The highest BCUT2D eigenvalue weighted by Crippen LogP contribution is 2.24. The van der Waals surface area contributed by atoms with Gasteiger partial charge in [0.25, 0.3) is 0 Å². The van der Waals surface area contributed by atoms with Crippen LogP contribution in [0.25, 0.3) is 6.08 Å². The Labute approximate surface area is 96.8 Å². The van der Waals surface area contributed by atoms with Crippen LogP contribution >= 0.6 is 0 Å². The molecular weight excluding hydrogens is 202 g/mol. The summed E-state index contributed by atoms with van der Waals surface area (Å²) in [7, 11) is 1.69. The molecule has 0 atom stereocenters. The third kappa shape index (κ3) is 3.08. The number of ether oxygens (including phenoxy) is 1. The average molecular weight is 221 g/mol. The van der Waals surface area contributed by atoms with Crippen LogP contribution in [0.15, 0.2) is 18.2 Å². The predicted molar refractivity (Wildman–Crippen MR) is 66.3 cm³/mol. The van der Waals surface area contributed by atoms with Gasteiger partial charge in [-0.25, -0.2) is 5.90 Å². The largest absolute Gasteiger partial charge is 0.496 e. The molecule has 0 amide bonds. The topological polar surface area (TPSA) is 44.5 Å². The van der Waals surface area contributed by atoms with Crippen molar-refractivity contribution in [2.24, 2.45) is 5.90 Å². The molecule has 0 saturated carbocycles. The van der Waals surface area contributed by atoms with Gasteiger partial charge in [-0.1, -0.05) is 18.2 Å². The minimum atomic E-state index is 0.546. The van der Waals surface area contributed by atoms with Crippen molar-refractivity contribution >= 4 is 6.08 Å². The first kappa shape index (κ1) is 12.7. The van der Waals surface area contributed by atoms with Crippen molar-refractivity contribution < 1.29 is 9.57 Å². The number of hydrogen-bond acceptors (Lipinski definition) is 3. The zero-order chi connectivity index (χ0) is 12.0. The van der Waals surface area contributed by atoms with E-state index in [1.165, 1.54) is 16.7 Å². The number of methoxy groups -OCH3 is 1. The summed E-state index contributed by atoms with van der Waals surface area (Å²) in [6, 6.07) is 4.04. The molecule has 3 heteroatoms. The smallest absolute Gasteiger partial charge is 0.122 e. The fourth-order valence-corrected chi connectivity index (χ4v) is 1.56. The van der Waals surface area contributed by atoms with Gasteiger partial charge < -0.3 is 9.57 Å². The highest BCUT2D eigenvalue weighted by atomic mass is 16.6. The van der Waals surface area contributed by atoms with Gasteiger partial charge >= 0.3 is 0 Å². The van der Waals surface area contributed by atoms with E-state index in [9.17, 15) is 0 Å². The summed E-state index contributed by atoms with van der Waals surface area (Å²) < 4.78 is 5.26. The molecule has 0 aliphatic heterocycles. The van der Waals surface area contributed by atoms with Crippen LogP contribution in [-0.4, -0.2) is 13.7 Å². The predicted octanol–water partition coefficient (Wildman–Crippen LogP) is 2.61. The molecule has 0 saturated heterocycles. The zero-order valence-electron chi connectivity index (χ0n) is 10.1. The molecule has 0 unspecified atom stereocenters. The minimum absolute atomic E-state index is 0.546. The highest BCUT2D eigenvalue weighted by molar-refractivity contribution is 5.58. The Hall–Kier alpha value is -1.32. The van der Waals surface area contributed by atoms with Crippen LogP contribution in [0.3, 0.4) is 0 Å².